The van der Waals surface area contributed by atoms with Crippen LogP contribution in [0.1, 0.15) is 34.9 Å². The van der Waals surface area contributed by atoms with Crippen LogP contribution in [0.4, 0.5) is 10.2 Å². The predicted molar refractivity (Wildman–Crippen MR) is 113 cm³/mol. The van der Waals surface area contributed by atoms with Crippen LogP contribution in [0.15, 0.2) is 46.6 Å². The molecule has 10 heteroatoms. The first-order valence-corrected chi connectivity index (χ1v) is 10.4. The molecule has 0 radical (unpaired) electrons. The molecule has 2 unspecified atom stereocenters. The summed E-state index contributed by atoms with van der Waals surface area (Å²) in [6, 6.07) is 6.72. The van der Waals surface area contributed by atoms with Crippen LogP contribution in [0, 0.1) is 11.7 Å². The minimum Gasteiger partial charge on any atom is -0.477 e. The zero-order chi connectivity index (χ0) is 22.0. The van der Waals surface area contributed by atoms with Crippen LogP contribution in [0.25, 0.3) is 11.0 Å². The molecular weight excluding hydrogens is 417 g/mol. The van der Waals surface area contributed by atoms with E-state index in [4.69, 9.17) is 4.84 Å². The van der Waals surface area contributed by atoms with Crippen molar-refractivity contribution in [2.45, 2.75) is 25.0 Å². The number of carboxylic acid groups (broad SMARTS) is 1. The van der Waals surface area contributed by atoms with E-state index in [1.807, 2.05) is 18.2 Å². The zero-order valence-electron chi connectivity index (χ0n) is 16.8. The van der Waals surface area contributed by atoms with Crippen molar-refractivity contribution >= 4 is 28.5 Å². The van der Waals surface area contributed by atoms with E-state index < -0.39 is 17.2 Å². The lowest BCUT2D eigenvalue weighted by molar-refractivity contribution is 0.0694. The molecule has 0 spiro atoms. The van der Waals surface area contributed by atoms with Gasteiger partial charge in [-0.3, -0.25) is 9.78 Å². The van der Waals surface area contributed by atoms with Crippen LogP contribution in [0.2, 0.25) is 0 Å². The number of carbonyl (C=O) groups is 1. The number of hydrogen-bond donors (Lipinski definition) is 1. The first-order valence-electron chi connectivity index (χ1n) is 10.4. The van der Waals surface area contributed by atoms with Crippen LogP contribution in [0.3, 0.4) is 0 Å². The lowest BCUT2D eigenvalue weighted by Gasteiger charge is -2.20. The molecule has 9 nitrogen and oxygen atoms in total. The molecule has 1 aliphatic carbocycles. The van der Waals surface area contributed by atoms with E-state index in [9.17, 15) is 14.7 Å². The van der Waals surface area contributed by atoms with E-state index in [1.54, 1.807) is 15.7 Å². The van der Waals surface area contributed by atoms with Crippen molar-refractivity contribution in [2.24, 2.45) is 11.1 Å². The quantitative estimate of drug-likeness (QED) is 0.669. The van der Waals surface area contributed by atoms with Crippen LogP contribution in [-0.4, -0.2) is 50.5 Å². The van der Waals surface area contributed by atoms with Gasteiger partial charge in [-0.2, -0.15) is 0 Å². The summed E-state index contributed by atoms with van der Waals surface area (Å²) in [4.78, 5) is 40.4. The Morgan fingerprint density at radius 3 is 2.81 bits per heavy atom. The number of aromatic nitrogens is 3. The molecule has 1 N–H and O–H groups in total. The third-order valence-corrected chi connectivity index (χ3v) is 6.24. The van der Waals surface area contributed by atoms with Gasteiger partial charge in [0.05, 0.1) is 23.5 Å². The van der Waals surface area contributed by atoms with Crippen molar-refractivity contribution in [1.82, 2.24) is 14.5 Å². The Morgan fingerprint density at radius 1 is 1.25 bits per heavy atom. The van der Waals surface area contributed by atoms with Crippen LogP contribution in [-0.2, 0) is 4.84 Å². The number of anilines is 1. The van der Waals surface area contributed by atoms with E-state index >= 15 is 4.39 Å². The molecule has 5 heterocycles. The highest BCUT2D eigenvalue weighted by Gasteiger charge is 2.44. The van der Waals surface area contributed by atoms with Crippen LogP contribution >= 0.6 is 0 Å². The van der Waals surface area contributed by atoms with Gasteiger partial charge in [0.2, 0.25) is 5.43 Å². The van der Waals surface area contributed by atoms with Crippen LogP contribution in [0.5, 0.6) is 0 Å². The maximum Gasteiger partial charge on any atom is 0.341 e. The van der Waals surface area contributed by atoms with Gasteiger partial charge in [-0.05, 0) is 31.0 Å². The Morgan fingerprint density at radius 2 is 2.09 bits per heavy atom. The summed E-state index contributed by atoms with van der Waals surface area (Å²) in [7, 11) is 0. The Kier molecular flexibility index (Phi) is 4.04. The number of carboxylic acids is 1. The van der Waals surface area contributed by atoms with E-state index in [0.29, 0.717) is 18.7 Å². The second kappa shape index (κ2) is 6.84. The molecule has 3 aliphatic rings. The van der Waals surface area contributed by atoms with Crippen molar-refractivity contribution in [3.63, 3.8) is 0 Å². The fourth-order valence-electron chi connectivity index (χ4n) is 4.50. The molecule has 2 fully saturated rings. The van der Waals surface area contributed by atoms with Crippen LogP contribution < -0.4 is 10.3 Å². The highest BCUT2D eigenvalue weighted by molar-refractivity contribution is 6.02. The summed E-state index contributed by atoms with van der Waals surface area (Å²) in [5.41, 5.74) is 0.639. The molecule has 162 valence electrons. The highest BCUT2D eigenvalue weighted by atomic mass is 19.1. The van der Waals surface area contributed by atoms with Crippen molar-refractivity contribution in [3.8, 4) is 0 Å². The van der Waals surface area contributed by atoms with Gasteiger partial charge in [-0.25, -0.2) is 14.2 Å². The molecule has 32 heavy (non-hydrogen) atoms. The lowest BCUT2D eigenvalue weighted by Crippen LogP contribution is -2.26. The van der Waals surface area contributed by atoms with Gasteiger partial charge < -0.3 is 19.4 Å². The topological polar surface area (TPSA) is 110 Å². The average molecular weight is 435 g/mol. The first-order chi connectivity index (χ1) is 15.5. The third-order valence-electron chi connectivity index (χ3n) is 6.24. The average Bonchev–Trinajstić information content (AvgIpc) is 3.42. The summed E-state index contributed by atoms with van der Waals surface area (Å²) in [5, 5.41) is 13.6. The summed E-state index contributed by atoms with van der Waals surface area (Å²) in [5.74, 6) is -1.97. The van der Waals surface area contributed by atoms with Gasteiger partial charge in [-0.1, -0.05) is 11.2 Å². The van der Waals surface area contributed by atoms with Crippen molar-refractivity contribution in [2.75, 3.05) is 18.0 Å². The molecular formula is C22H18FN5O4. The van der Waals surface area contributed by atoms with Gasteiger partial charge in [0.25, 0.3) is 0 Å². The molecule has 2 aliphatic heterocycles. The minimum atomic E-state index is -1.33. The molecule has 0 bridgehead atoms. The second-order valence-electron chi connectivity index (χ2n) is 8.33. The van der Waals surface area contributed by atoms with Gasteiger partial charge in [-0.15, -0.1) is 0 Å². The third kappa shape index (κ3) is 2.86. The Balaban J connectivity index is 1.40. The number of hydrogen-bond acceptors (Lipinski definition) is 7. The smallest absolute Gasteiger partial charge is 0.341 e. The highest BCUT2D eigenvalue weighted by Crippen LogP contribution is 2.38. The number of rotatable bonds is 4. The molecule has 0 aromatic carbocycles. The summed E-state index contributed by atoms with van der Waals surface area (Å²) in [6.45, 7) is 0.831. The summed E-state index contributed by atoms with van der Waals surface area (Å²) >= 11 is 0. The van der Waals surface area contributed by atoms with Crippen molar-refractivity contribution in [1.29, 1.82) is 0 Å². The van der Waals surface area contributed by atoms with Crippen molar-refractivity contribution in [3.05, 3.63) is 64.0 Å². The molecule has 3 aromatic heterocycles. The molecule has 1 saturated heterocycles. The Hall–Kier alpha value is -3.82. The Bertz CT molecular complexity index is 1350. The first kappa shape index (κ1) is 18.9. The van der Waals surface area contributed by atoms with E-state index in [1.165, 1.54) is 6.20 Å². The van der Waals surface area contributed by atoms with E-state index in [2.05, 4.69) is 15.1 Å². The van der Waals surface area contributed by atoms with Crippen molar-refractivity contribution < 1.29 is 19.1 Å². The molecule has 1 saturated carbocycles. The van der Waals surface area contributed by atoms with E-state index in [-0.39, 0.29) is 34.8 Å². The fraction of sp³-hybridized carbons (Fsp3) is 0.318. The number of pyridine rings is 3. The second-order valence-corrected chi connectivity index (χ2v) is 8.33. The molecule has 0 amide bonds. The van der Waals surface area contributed by atoms with Gasteiger partial charge in [0.1, 0.15) is 16.9 Å². The number of halogens is 1. The monoisotopic (exact) mass is 435 g/mol. The number of fused-ring (bicyclic) bond motifs is 2. The lowest BCUT2D eigenvalue weighted by atomic mass is 9.98. The maximum absolute atomic E-state index is 15.1. The molecule has 6 rings (SSSR count). The SMILES string of the molecule is O=C(O)c1cn(C2CC2)c2nc(N3CC4ON=C(c5ccccn5)C4C3)c(F)cc2c1=O. The predicted octanol–water partition coefficient (Wildman–Crippen LogP) is 2.20. The Labute approximate surface area is 180 Å². The maximum atomic E-state index is 15.1. The van der Waals surface area contributed by atoms with E-state index in [0.717, 1.165) is 30.3 Å². The molecule has 3 aromatic rings. The van der Waals surface area contributed by atoms with Gasteiger partial charge in [0, 0.05) is 25.0 Å². The minimum absolute atomic E-state index is 0.0237. The number of nitrogens with zero attached hydrogens (tertiary/aromatic N) is 5. The van der Waals surface area contributed by atoms with Gasteiger partial charge >= 0.3 is 5.97 Å². The molecule has 2 atom stereocenters. The largest absolute Gasteiger partial charge is 0.477 e. The number of oxime groups is 1. The number of aromatic carboxylic acids is 1. The van der Waals surface area contributed by atoms with Gasteiger partial charge in [0.15, 0.2) is 17.7 Å². The zero-order valence-corrected chi connectivity index (χ0v) is 16.8. The summed E-state index contributed by atoms with van der Waals surface area (Å²) in [6.07, 6.45) is 4.48. The standard InChI is InChI=1S/C22H18FN5O4/c23-15-7-12-19(29)14(22(30)31)9-28(11-4-5-11)20(12)25-21(15)27-8-13-17(10-27)32-26-18(13)16-3-1-2-6-24-16/h1-3,6-7,9,11,13,17H,4-5,8,10H2,(H,30,31). The normalized spacial score (nSPS) is 22.0. The summed E-state index contributed by atoms with van der Waals surface area (Å²) < 4.78 is 16.8. The fourth-order valence-corrected chi connectivity index (χ4v) is 4.50.